The first-order valence-electron chi connectivity index (χ1n) is 7.50. The molecule has 0 aliphatic carbocycles. The molecule has 0 saturated carbocycles. The fraction of sp³-hybridized carbons (Fsp3) is 0.250. The Labute approximate surface area is 136 Å². The van der Waals surface area contributed by atoms with Crippen LogP contribution in [0.2, 0.25) is 0 Å². The summed E-state index contributed by atoms with van der Waals surface area (Å²) in [5.41, 5.74) is 2.57. The number of carbonyl (C=O) groups is 2. The van der Waals surface area contributed by atoms with Crippen molar-refractivity contribution in [1.82, 2.24) is 20.0 Å². The highest BCUT2D eigenvalue weighted by molar-refractivity contribution is 5.89. The number of aliphatic carboxylic acids is 1. The lowest BCUT2D eigenvalue weighted by Crippen LogP contribution is -2.49. The molecule has 2 aromatic heterocycles. The summed E-state index contributed by atoms with van der Waals surface area (Å²) in [4.78, 5) is 32.7. The molecule has 1 aliphatic rings. The highest BCUT2D eigenvalue weighted by Crippen LogP contribution is 2.23. The molecule has 1 atom stereocenters. The van der Waals surface area contributed by atoms with Crippen molar-refractivity contribution in [2.45, 2.75) is 25.4 Å². The van der Waals surface area contributed by atoms with Crippen LogP contribution in [-0.4, -0.2) is 43.0 Å². The van der Waals surface area contributed by atoms with Gasteiger partial charge in [-0.2, -0.15) is 0 Å². The number of carboxylic acids is 1. The molecular formula is C16H14N4O4. The Kier molecular flexibility index (Phi) is 3.30. The number of aromatic nitrogens is 3. The Bertz CT molecular complexity index is 929. The minimum atomic E-state index is -1.04. The van der Waals surface area contributed by atoms with Crippen LogP contribution in [0.3, 0.4) is 0 Å². The quantitative estimate of drug-likeness (QED) is 0.746. The summed E-state index contributed by atoms with van der Waals surface area (Å²) in [7, 11) is 0. The van der Waals surface area contributed by atoms with Gasteiger partial charge >= 0.3 is 5.97 Å². The van der Waals surface area contributed by atoms with E-state index in [1.54, 1.807) is 6.07 Å². The molecule has 1 amide bonds. The van der Waals surface area contributed by atoms with Crippen molar-refractivity contribution in [1.29, 1.82) is 0 Å². The average Bonchev–Trinajstić information content (AvgIpc) is 3.20. The topological polar surface area (TPSA) is 112 Å². The lowest BCUT2D eigenvalue weighted by molar-refractivity contribution is -0.151. The molecule has 0 saturated heterocycles. The van der Waals surface area contributed by atoms with E-state index >= 15 is 0 Å². The number of imidazole rings is 1. The third-order valence-electron chi connectivity index (χ3n) is 4.28. The van der Waals surface area contributed by atoms with Crippen molar-refractivity contribution in [3.8, 4) is 0 Å². The maximum absolute atomic E-state index is 12.7. The standard InChI is InChI=1S/C16H14N4O4/c21-15(6-10-9-3-1-2-4-14(9)24-19-10)20-7-12-11(17-8-18-12)5-13(20)16(22)23/h1-4,8,13H,5-7H2,(H,17,18)(H,22,23)/t13-/m1/s1. The zero-order valence-electron chi connectivity index (χ0n) is 12.6. The Morgan fingerprint density at radius 2 is 2.21 bits per heavy atom. The zero-order valence-corrected chi connectivity index (χ0v) is 12.6. The SMILES string of the molecule is O=C(O)[C@H]1Cc2nc[nH]c2CN1C(=O)Cc1noc2ccccc12. The van der Waals surface area contributed by atoms with Crippen LogP contribution in [0.15, 0.2) is 35.1 Å². The van der Waals surface area contributed by atoms with Crippen LogP contribution in [0.5, 0.6) is 0 Å². The summed E-state index contributed by atoms with van der Waals surface area (Å²) in [5, 5.41) is 14.2. The third kappa shape index (κ3) is 2.32. The van der Waals surface area contributed by atoms with Gasteiger partial charge in [0.05, 0.1) is 30.7 Å². The van der Waals surface area contributed by atoms with Crippen LogP contribution in [0.25, 0.3) is 11.0 Å². The van der Waals surface area contributed by atoms with Crippen molar-refractivity contribution < 1.29 is 19.2 Å². The van der Waals surface area contributed by atoms with E-state index in [-0.39, 0.29) is 25.3 Å². The number of carboxylic acid groups (broad SMARTS) is 1. The summed E-state index contributed by atoms with van der Waals surface area (Å²) in [5.74, 6) is -1.34. The molecule has 1 aromatic carbocycles. The van der Waals surface area contributed by atoms with Gasteiger partial charge in [-0.3, -0.25) is 4.79 Å². The summed E-state index contributed by atoms with van der Waals surface area (Å²) < 4.78 is 5.20. The van der Waals surface area contributed by atoms with E-state index in [1.165, 1.54) is 11.2 Å². The van der Waals surface area contributed by atoms with Crippen molar-refractivity contribution in [3.63, 3.8) is 0 Å². The van der Waals surface area contributed by atoms with Gasteiger partial charge in [-0.1, -0.05) is 17.3 Å². The van der Waals surface area contributed by atoms with Gasteiger partial charge in [0.15, 0.2) is 5.58 Å². The number of amides is 1. The van der Waals surface area contributed by atoms with Gasteiger partial charge in [0.25, 0.3) is 0 Å². The molecular weight excluding hydrogens is 312 g/mol. The smallest absolute Gasteiger partial charge is 0.326 e. The fourth-order valence-electron chi connectivity index (χ4n) is 3.03. The number of aromatic amines is 1. The van der Waals surface area contributed by atoms with Crippen LogP contribution in [-0.2, 0) is 29.0 Å². The number of H-pyrrole nitrogens is 1. The number of carbonyl (C=O) groups excluding carboxylic acids is 1. The van der Waals surface area contributed by atoms with E-state index < -0.39 is 12.0 Å². The second kappa shape index (κ2) is 5.48. The minimum absolute atomic E-state index is 0.00966. The Hall–Kier alpha value is -3.16. The number of rotatable bonds is 3. The number of fused-ring (bicyclic) bond motifs is 2. The summed E-state index contributed by atoms with van der Waals surface area (Å²) in [6, 6.07) is 6.34. The minimum Gasteiger partial charge on any atom is -0.480 e. The van der Waals surface area contributed by atoms with Gasteiger partial charge in [-0.25, -0.2) is 9.78 Å². The van der Waals surface area contributed by atoms with Crippen LogP contribution >= 0.6 is 0 Å². The van der Waals surface area contributed by atoms with E-state index in [0.717, 1.165) is 11.1 Å². The maximum Gasteiger partial charge on any atom is 0.326 e. The van der Waals surface area contributed by atoms with E-state index in [0.29, 0.717) is 17.0 Å². The normalized spacial score (nSPS) is 17.0. The second-order valence-corrected chi connectivity index (χ2v) is 5.71. The van der Waals surface area contributed by atoms with E-state index in [1.807, 2.05) is 18.2 Å². The van der Waals surface area contributed by atoms with Gasteiger partial charge in [-0.05, 0) is 12.1 Å². The highest BCUT2D eigenvalue weighted by Gasteiger charge is 2.36. The van der Waals surface area contributed by atoms with Gasteiger partial charge in [-0.15, -0.1) is 0 Å². The number of hydrogen-bond acceptors (Lipinski definition) is 5. The predicted molar refractivity (Wildman–Crippen MR) is 82.0 cm³/mol. The first kappa shape index (κ1) is 14.4. The predicted octanol–water partition coefficient (Wildman–Crippen LogP) is 1.13. The first-order valence-corrected chi connectivity index (χ1v) is 7.50. The lowest BCUT2D eigenvalue weighted by Gasteiger charge is -2.32. The monoisotopic (exact) mass is 326 g/mol. The molecule has 4 rings (SSSR count). The Balaban J connectivity index is 1.62. The molecule has 8 heteroatoms. The van der Waals surface area contributed by atoms with E-state index in [4.69, 9.17) is 4.52 Å². The number of benzene rings is 1. The number of nitrogens with zero attached hydrogens (tertiary/aromatic N) is 3. The van der Waals surface area contributed by atoms with Crippen molar-refractivity contribution in [2.24, 2.45) is 0 Å². The van der Waals surface area contributed by atoms with Crippen molar-refractivity contribution >= 4 is 22.8 Å². The highest BCUT2D eigenvalue weighted by atomic mass is 16.5. The van der Waals surface area contributed by atoms with Crippen molar-refractivity contribution in [3.05, 3.63) is 47.7 Å². The Morgan fingerprint density at radius 1 is 1.38 bits per heavy atom. The molecule has 0 unspecified atom stereocenters. The lowest BCUT2D eigenvalue weighted by atomic mass is 10.0. The van der Waals surface area contributed by atoms with E-state index in [2.05, 4.69) is 15.1 Å². The fourth-order valence-corrected chi connectivity index (χ4v) is 3.03. The van der Waals surface area contributed by atoms with Crippen LogP contribution in [0, 0.1) is 0 Å². The molecule has 3 heterocycles. The molecule has 24 heavy (non-hydrogen) atoms. The summed E-state index contributed by atoms with van der Waals surface area (Å²) in [6.45, 7) is 0.195. The molecule has 0 fully saturated rings. The van der Waals surface area contributed by atoms with Gasteiger partial charge in [0.2, 0.25) is 5.91 Å². The first-order chi connectivity index (χ1) is 11.6. The summed E-state index contributed by atoms with van der Waals surface area (Å²) >= 11 is 0. The van der Waals surface area contributed by atoms with Crippen molar-refractivity contribution in [2.75, 3.05) is 0 Å². The van der Waals surface area contributed by atoms with Crippen LogP contribution < -0.4 is 0 Å². The van der Waals surface area contributed by atoms with E-state index in [9.17, 15) is 14.7 Å². The molecule has 0 bridgehead atoms. The molecule has 2 N–H and O–H groups in total. The molecule has 8 nitrogen and oxygen atoms in total. The third-order valence-corrected chi connectivity index (χ3v) is 4.28. The average molecular weight is 326 g/mol. The second-order valence-electron chi connectivity index (χ2n) is 5.71. The Morgan fingerprint density at radius 3 is 3.04 bits per heavy atom. The van der Waals surface area contributed by atoms with Crippen LogP contribution in [0.4, 0.5) is 0 Å². The van der Waals surface area contributed by atoms with Crippen LogP contribution in [0.1, 0.15) is 17.1 Å². The molecule has 0 radical (unpaired) electrons. The molecule has 0 spiro atoms. The number of hydrogen-bond donors (Lipinski definition) is 2. The van der Waals surface area contributed by atoms with Gasteiger partial charge in [0.1, 0.15) is 11.7 Å². The molecule has 122 valence electrons. The molecule has 1 aliphatic heterocycles. The number of para-hydroxylation sites is 1. The summed E-state index contributed by atoms with van der Waals surface area (Å²) in [6.07, 6.45) is 1.70. The van der Waals surface area contributed by atoms with Gasteiger partial charge in [0, 0.05) is 11.8 Å². The zero-order chi connectivity index (χ0) is 16.7. The molecule has 3 aromatic rings. The largest absolute Gasteiger partial charge is 0.480 e. The van der Waals surface area contributed by atoms with Gasteiger partial charge < -0.3 is 19.5 Å². The maximum atomic E-state index is 12.7. The number of nitrogens with one attached hydrogen (secondary N) is 1.